The molecule has 1 aromatic heterocycles. The number of carbonyl (C=O) groups excluding carboxylic acids is 2. The Bertz CT molecular complexity index is 1240. The predicted molar refractivity (Wildman–Crippen MR) is 118 cm³/mol. The van der Waals surface area contributed by atoms with E-state index in [0.29, 0.717) is 11.1 Å². The number of Topliss-reactive ketones (excluding diaryl/α,β-unsaturated/α-hetero) is 1. The highest BCUT2D eigenvalue weighted by atomic mass is 79.9. The molecule has 9 heteroatoms. The number of likely N-dealkylation sites (tertiary alicyclic amines) is 1. The van der Waals surface area contributed by atoms with E-state index in [1.165, 1.54) is 24.5 Å². The highest BCUT2D eigenvalue weighted by Gasteiger charge is 2.46. The molecule has 0 spiro atoms. The molecule has 1 atom stereocenters. The average molecular weight is 517 g/mol. The molecule has 33 heavy (non-hydrogen) atoms. The van der Waals surface area contributed by atoms with Crippen LogP contribution in [0, 0.1) is 0 Å². The van der Waals surface area contributed by atoms with E-state index < -0.39 is 29.5 Å². The predicted octanol–water partition coefficient (Wildman–Crippen LogP) is 5.48. The fourth-order valence-corrected chi connectivity index (χ4v) is 4.01. The van der Waals surface area contributed by atoms with Crippen LogP contribution >= 0.6 is 15.9 Å². The fourth-order valence-electron chi connectivity index (χ4n) is 3.74. The Morgan fingerprint density at radius 1 is 1.03 bits per heavy atom. The standard InChI is InChI=1S/C24H16BrF3N2O3/c25-18-6-4-16(5-7-18)21(31)19-20(15-8-10-29-11-9-15)30(23(33)22(19)32)13-14-2-1-3-17(12-14)24(26,27)28/h1-12,20,31H,13H2/b21-19+. The second-order valence-corrected chi connectivity index (χ2v) is 8.33. The topological polar surface area (TPSA) is 70.5 Å². The van der Waals surface area contributed by atoms with E-state index in [-0.39, 0.29) is 23.4 Å². The van der Waals surface area contributed by atoms with Crippen LogP contribution in [0.15, 0.2) is 83.1 Å². The molecule has 0 aliphatic carbocycles. The lowest BCUT2D eigenvalue weighted by Crippen LogP contribution is -2.29. The van der Waals surface area contributed by atoms with Crippen molar-refractivity contribution >= 4 is 33.4 Å². The van der Waals surface area contributed by atoms with E-state index in [2.05, 4.69) is 20.9 Å². The highest BCUT2D eigenvalue weighted by molar-refractivity contribution is 9.10. The summed E-state index contributed by atoms with van der Waals surface area (Å²) < 4.78 is 40.2. The largest absolute Gasteiger partial charge is 0.507 e. The summed E-state index contributed by atoms with van der Waals surface area (Å²) in [5.41, 5.74) is 0.0333. The summed E-state index contributed by atoms with van der Waals surface area (Å²) in [7, 11) is 0. The van der Waals surface area contributed by atoms with E-state index in [9.17, 15) is 27.9 Å². The molecule has 2 aromatic carbocycles. The van der Waals surface area contributed by atoms with E-state index in [1.54, 1.807) is 36.4 Å². The van der Waals surface area contributed by atoms with Crippen LogP contribution in [0.3, 0.4) is 0 Å². The molecule has 1 amide bonds. The number of hydrogen-bond donors (Lipinski definition) is 1. The third kappa shape index (κ3) is 4.54. The summed E-state index contributed by atoms with van der Waals surface area (Å²) in [5, 5.41) is 11.0. The van der Waals surface area contributed by atoms with Gasteiger partial charge in [0.15, 0.2) is 0 Å². The maximum Gasteiger partial charge on any atom is 0.416 e. The lowest BCUT2D eigenvalue weighted by molar-refractivity contribution is -0.140. The highest BCUT2D eigenvalue weighted by Crippen LogP contribution is 2.40. The molecule has 0 saturated carbocycles. The summed E-state index contributed by atoms with van der Waals surface area (Å²) in [6.07, 6.45) is -1.60. The lowest BCUT2D eigenvalue weighted by atomic mass is 9.96. The Morgan fingerprint density at radius 3 is 2.33 bits per heavy atom. The second kappa shape index (κ2) is 8.82. The van der Waals surface area contributed by atoms with Crippen molar-refractivity contribution in [3.8, 4) is 0 Å². The number of nitrogens with zero attached hydrogens (tertiary/aromatic N) is 2. The summed E-state index contributed by atoms with van der Waals surface area (Å²) >= 11 is 3.30. The van der Waals surface area contributed by atoms with Gasteiger partial charge in [-0.15, -0.1) is 0 Å². The summed E-state index contributed by atoms with van der Waals surface area (Å²) in [5.74, 6) is -2.19. The molecule has 1 aliphatic heterocycles. The molecule has 2 heterocycles. The number of halogens is 4. The minimum Gasteiger partial charge on any atom is -0.507 e. The average Bonchev–Trinajstić information content (AvgIpc) is 3.04. The quantitative estimate of drug-likeness (QED) is 0.283. The van der Waals surface area contributed by atoms with Gasteiger partial charge < -0.3 is 10.0 Å². The molecule has 4 rings (SSSR count). The van der Waals surface area contributed by atoms with Gasteiger partial charge in [0, 0.05) is 29.0 Å². The second-order valence-electron chi connectivity index (χ2n) is 7.41. The van der Waals surface area contributed by atoms with Gasteiger partial charge in [0.2, 0.25) is 0 Å². The third-order valence-corrected chi connectivity index (χ3v) is 5.82. The molecule has 1 saturated heterocycles. The van der Waals surface area contributed by atoms with E-state index in [1.807, 2.05) is 0 Å². The van der Waals surface area contributed by atoms with Gasteiger partial charge in [-0.3, -0.25) is 14.6 Å². The number of pyridine rings is 1. The van der Waals surface area contributed by atoms with Crippen LogP contribution in [-0.2, 0) is 22.3 Å². The zero-order chi connectivity index (χ0) is 23.8. The molecule has 1 N–H and O–H groups in total. The minimum absolute atomic E-state index is 0.138. The number of amides is 1. The number of ketones is 1. The normalized spacial score (nSPS) is 18.1. The maximum atomic E-state index is 13.2. The first-order chi connectivity index (χ1) is 15.7. The fraction of sp³-hybridized carbons (Fsp3) is 0.125. The zero-order valence-corrected chi connectivity index (χ0v) is 18.5. The van der Waals surface area contributed by atoms with Crippen molar-refractivity contribution in [2.24, 2.45) is 0 Å². The Labute approximate surface area is 195 Å². The van der Waals surface area contributed by atoms with Gasteiger partial charge >= 0.3 is 6.18 Å². The third-order valence-electron chi connectivity index (χ3n) is 5.29. The monoisotopic (exact) mass is 516 g/mol. The number of benzene rings is 2. The van der Waals surface area contributed by atoms with Crippen LogP contribution in [0.25, 0.3) is 5.76 Å². The van der Waals surface area contributed by atoms with Crippen LogP contribution in [-0.4, -0.2) is 26.7 Å². The van der Waals surface area contributed by atoms with Gasteiger partial charge in [-0.1, -0.05) is 40.2 Å². The molecule has 1 fully saturated rings. The van der Waals surface area contributed by atoms with E-state index in [0.717, 1.165) is 21.5 Å². The minimum atomic E-state index is -4.55. The molecular weight excluding hydrogens is 501 g/mol. The van der Waals surface area contributed by atoms with E-state index in [4.69, 9.17) is 0 Å². The summed E-state index contributed by atoms with van der Waals surface area (Å²) in [6.45, 7) is -0.251. The Hall–Kier alpha value is -3.46. The number of aliphatic hydroxyl groups is 1. The number of carbonyl (C=O) groups is 2. The maximum absolute atomic E-state index is 13.2. The number of hydrogen-bond acceptors (Lipinski definition) is 4. The lowest BCUT2D eigenvalue weighted by Gasteiger charge is -2.25. The van der Waals surface area contributed by atoms with Crippen LogP contribution in [0.4, 0.5) is 13.2 Å². The first-order valence-electron chi connectivity index (χ1n) is 9.77. The Kier molecular flexibility index (Phi) is 6.07. The van der Waals surface area contributed by atoms with Crippen molar-refractivity contribution in [1.29, 1.82) is 0 Å². The van der Waals surface area contributed by atoms with Crippen molar-refractivity contribution in [2.45, 2.75) is 18.8 Å². The van der Waals surface area contributed by atoms with Crippen LogP contribution < -0.4 is 0 Å². The van der Waals surface area contributed by atoms with Crippen molar-refractivity contribution in [3.05, 3.63) is 105 Å². The molecule has 1 aliphatic rings. The number of rotatable bonds is 4. The van der Waals surface area contributed by atoms with Crippen molar-refractivity contribution in [3.63, 3.8) is 0 Å². The molecular formula is C24H16BrF3N2O3. The van der Waals surface area contributed by atoms with Crippen molar-refractivity contribution in [2.75, 3.05) is 0 Å². The van der Waals surface area contributed by atoms with Crippen molar-refractivity contribution in [1.82, 2.24) is 9.88 Å². The van der Waals surface area contributed by atoms with Gasteiger partial charge in [0.05, 0.1) is 17.2 Å². The zero-order valence-electron chi connectivity index (χ0n) is 16.9. The SMILES string of the molecule is O=C1C(=O)N(Cc2cccc(C(F)(F)F)c2)C(c2ccncc2)/C1=C(\O)c1ccc(Br)cc1. The van der Waals surface area contributed by atoms with Crippen LogP contribution in [0.5, 0.6) is 0 Å². The van der Waals surface area contributed by atoms with Crippen LogP contribution in [0.1, 0.15) is 28.3 Å². The number of aromatic nitrogens is 1. The Morgan fingerprint density at radius 2 is 1.70 bits per heavy atom. The smallest absolute Gasteiger partial charge is 0.416 e. The number of aliphatic hydroxyl groups excluding tert-OH is 1. The Balaban J connectivity index is 1.82. The first kappa shape index (κ1) is 22.7. The van der Waals surface area contributed by atoms with Crippen LogP contribution in [0.2, 0.25) is 0 Å². The van der Waals surface area contributed by atoms with E-state index >= 15 is 0 Å². The summed E-state index contributed by atoms with van der Waals surface area (Å²) in [4.78, 5) is 31.1. The van der Waals surface area contributed by atoms with Gasteiger partial charge in [-0.05, 0) is 47.5 Å². The van der Waals surface area contributed by atoms with Gasteiger partial charge in [0.1, 0.15) is 5.76 Å². The van der Waals surface area contributed by atoms with Crippen molar-refractivity contribution < 1.29 is 27.9 Å². The number of alkyl halides is 3. The molecule has 5 nitrogen and oxygen atoms in total. The molecule has 168 valence electrons. The molecule has 0 radical (unpaired) electrons. The van der Waals surface area contributed by atoms with Gasteiger partial charge in [0.25, 0.3) is 11.7 Å². The van der Waals surface area contributed by atoms with Gasteiger partial charge in [-0.2, -0.15) is 13.2 Å². The first-order valence-corrected chi connectivity index (χ1v) is 10.6. The molecule has 3 aromatic rings. The van der Waals surface area contributed by atoms with Gasteiger partial charge in [-0.25, -0.2) is 0 Å². The molecule has 0 bridgehead atoms. The summed E-state index contributed by atoms with van der Waals surface area (Å²) in [6, 6.07) is 13.3. The molecule has 1 unspecified atom stereocenters.